The number of imidazole rings is 1. The van der Waals surface area contributed by atoms with Crippen LogP contribution in [0.5, 0.6) is 0 Å². The summed E-state index contributed by atoms with van der Waals surface area (Å²) >= 11 is 0.882. The van der Waals surface area contributed by atoms with Gasteiger partial charge in [0.2, 0.25) is 5.91 Å². The fourth-order valence-electron chi connectivity index (χ4n) is 2.75. The largest absolute Gasteiger partial charge is 0.338 e. The SMILES string of the molecule is CC(=O)Nc1ncc(S(=O)(=O)Nc2ccc(-c3nc4ccc(C)cc4[nH]3)cc2)s1. The maximum atomic E-state index is 12.5. The number of anilines is 2. The summed E-state index contributed by atoms with van der Waals surface area (Å²) in [6, 6.07) is 12.9. The van der Waals surface area contributed by atoms with Crippen molar-refractivity contribution in [3.63, 3.8) is 0 Å². The Kier molecular flexibility index (Phi) is 4.81. The van der Waals surface area contributed by atoms with Crippen LogP contribution in [0.25, 0.3) is 22.4 Å². The number of fused-ring (bicyclic) bond motifs is 1. The predicted molar refractivity (Wildman–Crippen MR) is 113 cm³/mol. The molecule has 0 aliphatic rings. The molecule has 148 valence electrons. The third kappa shape index (κ3) is 4.13. The Morgan fingerprint density at radius 2 is 1.90 bits per heavy atom. The van der Waals surface area contributed by atoms with Gasteiger partial charge in [-0.05, 0) is 48.9 Å². The number of nitrogens with zero attached hydrogens (tertiary/aromatic N) is 2. The molecule has 0 saturated heterocycles. The molecule has 0 unspecified atom stereocenters. The molecule has 0 saturated carbocycles. The maximum absolute atomic E-state index is 12.5. The van der Waals surface area contributed by atoms with E-state index in [1.807, 2.05) is 25.1 Å². The van der Waals surface area contributed by atoms with E-state index in [9.17, 15) is 13.2 Å². The second kappa shape index (κ2) is 7.30. The van der Waals surface area contributed by atoms with Gasteiger partial charge in [0, 0.05) is 18.2 Å². The number of carbonyl (C=O) groups is 1. The van der Waals surface area contributed by atoms with E-state index >= 15 is 0 Å². The number of amides is 1. The average molecular weight is 428 g/mol. The minimum absolute atomic E-state index is 0.0120. The normalized spacial score (nSPS) is 11.5. The standard InChI is InChI=1S/C19H17N5O3S2/c1-11-3-8-15-16(9-11)23-18(22-15)13-4-6-14(7-5-13)24-29(26,27)17-10-20-19(28-17)21-12(2)25/h3-10,24H,1-2H3,(H,22,23)(H,20,21,25). The van der Waals surface area contributed by atoms with E-state index in [1.54, 1.807) is 24.3 Å². The maximum Gasteiger partial charge on any atom is 0.273 e. The van der Waals surface area contributed by atoms with Crippen LogP contribution in [0.2, 0.25) is 0 Å². The highest BCUT2D eigenvalue weighted by atomic mass is 32.2. The molecule has 0 aliphatic carbocycles. The molecule has 4 aromatic rings. The van der Waals surface area contributed by atoms with Crippen molar-refractivity contribution in [2.75, 3.05) is 10.0 Å². The summed E-state index contributed by atoms with van der Waals surface area (Å²) in [5.41, 5.74) is 4.21. The summed E-state index contributed by atoms with van der Waals surface area (Å²) < 4.78 is 27.6. The fourth-order valence-corrected chi connectivity index (χ4v) is 4.89. The van der Waals surface area contributed by atoms with E-state index in [0.29, 0.717) is 11.5 Å². The molecule has 1 amide bonds. The molecule has 10 heteroatoms. The molecule has 2 aromatic carbocycles. The highest BCUT2D eigenvalue weighted by Crippen LogP contribution is 2.27. The Bertz CT molecular complexity index is 1310. The molecular formula is C19H17N5O3S2. The Morgan fingerprint density at radius 3 is 2.62 bits per heavy atom. The molecule has 0 aliphatic heterocycles. The van der Waals surface area contributed by atoms with Crippen molar-refractivity contribution in [1.29, 1.82) is 0 Å². The van der Waals surface area contributed by atoms with Crippen LogP contribution in [0, 0.1) is 6.92 Å². The van der Waals surface area contributed by atoms with Gasteiger partial charge in [-0.2, -0.15) is 0 Å². The summed E-state index contributed by atoms with van der Waals surface area (Å²) in [6.07, 6.45) is 1.21. The number of hydrogen-bond acceptors (Lipinski definition) is 6. The lowest BCUT2D eigenvalue weighted by molar-refractivity contribution is -0.114. The van der Waals surface area contributed by atoms with Crippen molar-refractivity contribution < 1.29 is 13.2 Å². The minimum Gasteiger partial charge on any atom is -0.338 e. The monoisotopic (exact) mass is 427 g/mol. The van der Waals surface area contributed by atoms with E-state index in [2.05, 4.69) is 25.0 Å². The first-order chi connectivity index (χ1) is 13.8. The van der Waals surface area contributed by atoms with Crippen LogP contribution in [0.3, 0.4) is 0 Å². The van der Waals surface area contributed by atoms with Gasteiger partial charge in [-0.3, -0.25) is 9.52 Å². The zero-order valence-corrected chi connectivity index (χ0v) is 17.2. The zero-order valence-electron chi connectivity index (χ0n) is 15.6. The van der Waals surface area contributed by atoms with E-state index in [0.717, 1.165) is 33.5 Å². The van der Waals surface area contributed by atoms with E-state index in [-0.39, 0.29) is 15.2 Å². The second-order valence-corrected chi connectivity index (χ2v) is 9.39. The second-order valence-electron chi connectivity index (χ2n) is 6.45. The van der Waals surface area contributed by atoms with Crippen molar-refractivity contribution in [2.45, 2.75) is 18.1 Å². The average Bonchev–Trinajstić information content (AvgIpc) is 3.28. The molecular weight excluding hydrogens is 410 g/mol. The van der Waals surface area contributed by atoms with Gasteiger partial charge in [0.15, 0.2) is 9.34 Å². The van der Waals surface area contributed by atoms with Crippen LogP contribution in [-0.4, -0.2) is 29.3 Å². The highest BCUT2D eigenvalue weighted by molar-refractivity contribution is 7.94. The number of aromatic nitrogens is 3. The van der Waals surface area contributed by atoms with Gasteiger partial charge in [0.25, 0.3) is 10.0 Å². The number of aryl methyl sites for hydroxylation is 1. The molecule has 0 bridgehead atoms. The predicted octanol–water partition coefficient (Wildman–Crippen LogP) is 3.75. The number of carbonyl (C=O) groups excluding carboxylic acids is 1. The van der Waals surface area contributed by atoms with Crippen LogP contribution in [0.15, 0.2) is 52.9 Å². The third-order valence-corrected chi connectivity index (χ3v) is 6.84. The molecule has 0 spiro atoms. The molecule has 29 heavy (non-hydrogen) atoms. The van der Waals surface area contributed by atoms with Crippen molar-refractivity contribution >= 4 is 49.1 Å². The van der Waals surface area contributed by atoms with Crippen molar-refractivity contribution in [2.24, 2.45) is 0 Å². The zero-order chi connectivity index (χ0) is 20.6. The molecule has 0 radical (unpaired) electrons. The van der Waals surface area contributed by atoms with Gasteiger partial charge in [0.1, 0.15) is 5.82 Å². The quantitative estimate of drug-likeness (QED) is 0.448. The summed E-state index contributed by atoms with van der Waals surface area (Å²) in [6.45, 7) is 3.35. The molecule has 0 atom stereocenters. The Labute approximate surface area is 171 Å². The van der Waals surface area contributed by atoms with Gasteiger partial charge < -0.3 is 10.3 Å². The van der Waals surface area contributed by atoms with Crippen molar-refractivity contribution in [3.8, 4) is 11.4 Å². The number of sulfonamides is 1. The van der Waals surface area contributed by atoms with Gasteiger partial charge >= 0.3 is 0 Å². The highest BCUT2D eigenvalue weighted by Gasteiger charge is 2.18. The van der Waals surface area contributed by atoms with Crippen LogP contribution in [0.4, 0.5) is 10.8 Å². The van der Waals surface area contributed by atoms with E-state index in [1.165, 1.54) is 13.1 Å². The molecule has 2 heterocycles. The summed E-state index contributed by atoms with van der Waals surface area (Å²) in [5.74, 6) is 0.398. The van der Waals surface area contributed by atoms with Crippen molar-refractivity contribution in [3.05, 3.63) is 54.2 Å². The number of hydrogen-bond donors (Lipinski definition) is 3. The first-order valence-corrected chi connectivity index (χ1v) is 10.9. The summed E-state index contributed by atoms with van der Waals surface area (Å²) in [4.78, 5) is 22.8. The lowest BCUT2D eigenvalue weighted by Gasteiger charge is -2.06. The van der Waals surface area contributed by atoms with E-state index in [4.69, 9.17) is 0 Å². The third-order valence-electron chi connectivity index (χ3n) is 4.08. The molecule has 8 nitrogen and oxygen atoms in total. The lowest BCUT2D eigenvalue weighted by atomic mass is 10.2. The number of rotatable bonds is 5. The van der Waals surface area contributed by atoms with Crippen molar-refractivity contribution in [1.82, 2.24) is 15.0 Å². The number of thiazole rings is 1. The fraction of sp³-hybridized carbons (Fsp3) is 0.105. The summed E-state index contributed by atoms with van der Waals surface area (Å²) in [7, 11) is -3.80. The molecule has 4 rings (SSSR count). The Morgan fingerprint density at radius 1 is 1.14 bits per heavy atom. The number of aromatic amines is 1. The topological polar surface area (TPSA) is 117 Å². The Balaban J connectivity index is 1.54. The minimum atomic E-state index is -3.80. The molecule has 3 N–H and O–H groups in total. The van der Waals surface area contributed by atoms with Crippen LogP contribution < -0.4 is 10.0 Å². The van der Waals surface area contributed by atoms with Gasteiger partial charge in [-0.1, -0.05) is 17.4 Å². The smallest absolute Gasteiger partial charge is 0.273 e. The number of benzene rings is 2. The van der Waals surface area contributed by atoms with Crippen LogP contribution in [-0.2, 0) is 14.8 Å². The summed E-state index contributed by atoms with van der Waals surface area (Å²) in [5, 5.41) is 2.70. The lowest BCUT2D eigenvalue weighted by Crippen LogP contribution is -2.11. The first-order valence-electron chi connectivity index (χ1n) is 8.63. The van der Waals surface area contributed by atoms with Crippen LogP contribution >= 0.6 is 11.3 Å². The number of H-pyrrole nitrogens is 1. The Hall–Kier alpha value is -3.24. The van der Waals surface area contributed by atoms with Crippen LogP contribution in [0.1, 0.15) is 12.5 Å². The molecule has 0 fully saturated rings. The molecule has 2 aromatic heterocycles. The van der Waals surface area contributed by atoms with Gasteiger partial charge in [-0.15, -0.1) is 0 Å². The van der Waals surface area contributed by atoms with Gasteiger partial charge in [0.05, 0.1) is 17.2 Å². The number of nitrogens with one attached hydrogen (secondary N) is 3. The van der Waals surface area contributed by atoms with E-state index < -0.39 is 10.0 Å². The van der Waals surface area contributed by atoms with Gasteiger partial charge in [-0.25, -0.2) is 18.4 Å². The first kappa shape index (κ1) is 19.1.